The number of aromatic nitrogens is 2. The summed E-state index contributed by atoms with van der Waals surface area (Å²) < 4.78 is 27.2. The van der Waals surface area contributed by atoms with Gasteiger partial charge in [0.25, 0.3) is 0 Å². The summed E-state index contributed by atoms with van der Waals surface area (Å²) in [6.07, 6.45) is 8.40. The van der Waals surface area contributed by atoms with Crippen molar-refractivity contribution in [3.8, 4) is 0 Å². The Morgan fingerprint density at radius 2 is 1.80 bits per heavy atom. The predicted octanol–water partition coefficient (Wildman–Crippen LogP) is 5.49. The van der Waals surface area contributed by atoms with Crippen molar-refractivity contribution in [3.63, 3.8) is 0 Å². The number of hydrogen-bond donors (Lipinski definition) is 1. The van der Waals surface area contributed by atoms with Crippen LogP contribution in [0.3, 0.4) is 0 Å². The van der Waals surface area contributed by atoms with Gasteiger partial charge in [-0.2, -0.15) is 0 Å². The Hall–Kier alpha value is -2.12. The Bertz CT molecular complexity index is 1040. The molecule has 2 aliphatic rings. The summed E-state index contributed by atoms with van der Waals surface area (Å²) in [4.78, 5) is 14.0. The van der Waals surface area contributed by atoms with E-state index in [4.69, 9.17) is 0 Å². The molecule has 1 aliphatic carbocycles. The topological polar surface area (TPSA) is 41.0 Å². The standard InChI is InChI=1S/C23H26F2N4S/c1-14(15-10-16(24)12-17(25)11-15)29-8-6-18(7-9-29)28-22-21-19-4-2-3-5-20(19)30-23(21)27-13-26-22/h10-14,18H,2-9H2,1H3,(H,26,27,28). The lowest BCUT2D eigenvalue weighted by Gasteiger charge is -2.36. The molecule has 0 amide bonds. The Labute approximate surface area is 179 Å². The molecule has 1 aliphatic heterocycles. The third-order valence-corrected chi connectivity index (χ3v) is 7.74. The molecular formula is C23H26F2N4S. The molecule has 1 saturated heterocycles. The van der Waals surface area contributed by atoms with Gasteiger partial charge in [-0.3, -0.25) is 4.90 Å². The summed E-state index contributed by atoms with van der Waals surface area (Å²) in [7, 11) is 0. The van der Waals surface area contributed by atoms with E-state index >= 15 is 0 Å². The second-order valence-electron chi connectivity index (χ2n) is 8.45. The first kappa shape index (κ1) is 19.8. The molecule has 0 radical (unpaired) electrons. The SMILES string of the molecule is CC(c1cc(F)cc(F)c1)N1CCC(Nc2ncnc3sc4c(c23)CCCC4)CC1. The van der Waals surface area contributed by atoms with Gasteiger partial charge in [0.2, 0.25) is 0 Å². The Kier molecular flexibility index (Phi) is 5.41. The quantitative estimate of drug-likeness (QED) is 0.597. The molecule has 4 nitrogen and oxygen atoms in total. The summed E-state index contributed by atoms with van der Waals surface area (Å²) in [5.74, 6) is -0.0568. The van der Waals surface area contributed by atoms with Gasteiger partial charge in [0, 0.05) is 36.1 Å². The maximum absolute atomic E-state index is 13.6. The van der Waals surface area contributed by atoms with Crippen LogP contribution in [0.25, 0.3) is 10.2 Å². The van der Waals surface area contributed by atoms with Gasteiger partial charge in [-0.05, 0) is 68.7 Å². The van der Waals surface area contributed by atoms with E-state index in [0.29, 0.717) is 11.6 Å². The van der Waals surface area contributed by atoms with E-state index in [0.717, 1.165) is 55.5 Å². The molecule has 2 aromatic heterocycles. The second-order valence-corrected chi connectivity index (χ2v) is 9.53. The van der Waals surface area contributed by atoms with Crippen molar-refractivity contribution in [2.75, 3.05) is 18.4 Å². The molecule has 0 bridgehead atoms. The molecule has 3 aromatic rings. The normalized spacial score (nSPS) is 19.0. The molecule has 3 heterocycles. The van der Waals surface area contributed by atoms with Crippen LogP contribution in [-0.2, 0) is 12.8 Å². The first-order valence-electron chi connectivity index (χ1n) is 10.8. The van der Waals surface area contributed by atoms with Crippen molar-refractivity contribution >= 4 is 27.4 Å². The summed E-state index contributed by atoms with van der Waals surface area (Å²) in [5, 5.41) is 4.91. The zero-order valence-corrected chi connectivity index (χ0v) is 17.9. The van der Waals surface area contributed by atoms with Crippen LogP contribution in [0.5, 0.6) is 0 Å². The number of anilines is 1. The molecule has 5 rings (SSSR count). The summed E-state index contributed by atoms with van der Waals surface area (Å²) in [6.45, 7) is 3.79. The fraction of sp³-hybridized carbons (Fsp3) is 0.478. The average Bonchev–Trinajstić information content (AvgIpc) is 3.13. The first-order chi connectivity index (χ1) is 14.6. The largest absolute Gasteiger partial charge is 0.367 e. The van der Waals surface area contributed by atoms with Crippen LogP contribution in [0, 0.1) is 11.6 Å². The Morgan fingerprint density at radius 1 is 1.07 bits per heavy atom. The van der Waals surface area contributed by atoms with E-state index in [1.807, 2.05) is 18.3 Å². The minimum absolute atomic E-state index is 0.00852. The highest BCUT2D eigenvalue weighted by molar-refractivity contribution is 7.19. The zero-order chi connectivity index (χ0) is 20.7. The van der Waals surface area contributed by atoms with Crippen LogP contribution in [0.1, 0.15) is 54.7 Å². The Morgan fingerprint density at radius 3 is 2.57 bits per heavy atom. The highest BCUT2D eigenvalue weighted by Crippen LogP contribution is 2.38. The number of halogens is 2. The third kappa shape index (κ3) is 3.81. The van der Waals surface area contributed by atoms with Crippen LogP contribution in [0.2, 0.25) is 0 Å². The number of nitrogens with one attached hydrogen (secondary N) is 1. The van der Waals surface area contributed by atoms with Crippen molar-refractivity contribution in [1.29, 1.82) is 0 Å². The van der Waals surface area contributed by atoms with Gasteiger partial charge in [0.1, 0.15) is 28.6 Å². The van der Waals surface area contributed by atoms with E-state index < -0.39 is 11.6 Å². The van der Waals surface area contributed by atoms with Gasteiger partial charge in [-0.15, -0.1) is 11.3 Å². The first-order valence-corrected chi connectivity index (χ1v) is 11.6. The number of likely N-dealkylation sites (tertiary alicyclic amines) is 1. The highest BCUT2D eigenvalue weighted by atomic mass is 32.1. The monoisotopic (exact) mass is 428 g/mol. The lowest BCUT2D eigenvalue weighted by Crippen LogP contribution is -2.40. The molecule has 0 saturated carbocycles. The lowest BCUT2D eigenvalue weighted by atomic mass is 9.96. The second kappa shape index (κ2) is 8.19. The molecule has 7 heteroatoms. The van der Waals surface area contributed by atoms with Crippen molar-refractivity contribution < 1.29 is 8.78 Å². The number of thiophene rings is 1. The molecular weight excluding hydrogens is 402 g/mol. The number of nitrogens with zero attached hydrogens (tertiary/aromatic N) is 3. The fourth-order valence-electron chi connectivity index (χ4n) is 4.85. The molecule has 1 aromatic carbocycles. The third-order valence-electron chi connectivity index (χ3n) is 6.54. The summed E-state index contributed by atoms with van der Waals surface area (Å²) in [6, 6.07) is 4.14. The van der Waals surface area contributed by atoms with Gasteiger partial charge < -0.3 is 5.32 Å². The number of piperidine rings is 1. The van der Waals surface area contributed by atoms with Crippen LogP contribution < -0.4 is 5.32 Å². The number of fused-ring (bicyclic) bond motifs is 3. The Balaban J connectivity index is 1.28. The number of benzene rings is 1. The van der Waals surface area contributed by atoms with E-state index in [2.05, 4.69) is 20.2 Å². The van der Waals surface area contributed by atoms with Gasteiger partial charge in [-0.25, -0.2) is 18.7 Å². The van der Waals surface area contributed by atoms with Crippen LogP contribution in [0.4, 0.5) is 14.6 Å². The molecule has 1 fully saturated rings. The maximum Gasteiger partial charge on any atom is 0.138 e. The summed E-state index contributed by atoms with van der Waals surface area (Å²) >= 11 is 1.82. The minimum Gasteiger partial charge on any atom is -0.367 e. The number of hydrogen-bond acceptors (Lipinski definition) is 5. The van der Waals surface area contributed by atoms with Crippen molar-refractivity contribution in [3.05, 3.63) is 52.2 Å². The van der Waals surface area contributed by atoms with E-state index in [-0.39, 0.29) is 6.04 Å². The highest BCUT2D eigenvalue weighted by Gasteiger charge is 2.26. The van der Waals surface area contributed by atoms with Gasteiger partial charge in [-0.1, -0.05) is 0 Å². The number of aryl methyl sites for hydroxylation is 2. The van der Waals surface area contributed by atoms with E-state index in [1.54, 1.807) is 6.33 Å². The predicted molar refractivity (Wildman–Crippen MR) is 117 cm³/mol. The number of rotatable bonds is 4. The van der Waals surface area contributed by atoms with Gasteiger partial charge >= 0.3 is 0 Å². The zero-order valence-electron chi connectivity index (χ0n) is 17.1. The smallest absolute Gasteiger partial charge is 0.138 e. The fourth-order valence-corrected chi connectivity index (χ4v) is 6.08. The molecule has 0 spiro atoms. The minimum atomic E-state index is -0.514. The maximum atomic E-state index is 13.6. The molecule has 30 heavy (non-hydrogen) atoms. The van der Waals surface area contributed by atoms with Crippen molar-refractivity contribution in [1.82, 2.24) is 14.9 Å². The summed E-state index contributed by atoms with van der Waals surface area (Å²) in [5.41, 5.74) is 2.14. The molecule has 1 N–H and O–H groups in total. The average molecular weight is 429 g/mol. The van der Waals surface area contributed by atoms with Crippen molar-refractivity contribution in [2.45, 2.75) is 57.5 Å². The molecule has 1 unspecified atom stereocenters. The van der Waals surface area contributed by atoms with E-state index in [9.17, 15) is 8.78 Å². The van der Waals surface area contributed by atoms with Crippen molar-refractivity contribution in [2.24, 2.45) is 0 Å². The van der Waals surface area contributed by atoms with Gasteiger partial charge in [0.15, 0.2) is 0 Å². The molecule has 158 valence electrons. The van der Waals surface area contributed by atoms with Crippen LogP contribution >= 0.6 is 11.3 Å². The molecule has 1 atom stereocenters. The van der Waals surface area contributed by atoms with Crippen LogP contribution in [0.15, 0.2) is 24.5 Å². The lowest BCUT2D eigenvalue weighted by molar-refractivity contribution is 0.167. The van der Waals surface area contributed by atoms with E-state index in [1.165, 1.54) is 40.8 Å². The van der Waals surface area contributed by atoms with Crippen LogP contribution in [-0.4, -0.2) is 34.0 Å². The van der Waals surface area contributed by atoms with Gasteiger partial charge in [0.05, 0.1) is 5.39 Å².